The molecular weight excluding hydrogens is 209 g/mol. The molecule has 0 aliphatic carbocycles. The fraction of sp³-hybridized carbons (Fsp3) is 0.800. The van der Waals surface area contributed by atoms with Crippen LogP contribution in [0.1, 0.15) is 26.7 Å². The molecule has 0 aromatic carbocycles. The predicted octanol–water partition coefficient (Wildman–Crippen LogP) is -7.99. The van der Waals surface area contributed by atoms with E-state index >= 15 is 0 Å². The van der Waals surface area contributed by atoms with Crippen LogP contribution in [0.3, 0.4) is 0 Å². The Morgan fingerprint density at radius 1 is 1.00 bits per heavy atom. The van der Waals surface area contributed by atoms with E-state index in [0.29, 0.717) is 18.6 Å². The molecule has 0 aromatic heterocycles. The second kappa shape index (κ2) is 22.5. The van der Waals surface area contributed by atoms with Gasteiger partial charge in [0, 0.05) is 12.8 Å². The summed E-state index contributed by atoms with van der Waals surface area (Å²) in [4.78, 5) is 10.2. The average molecular weight is 219 g/mol. The van der Waals surface area contributed by atoms with Crippen LogP contribution in [0, 0.1) is 0 Å². The third-order valence-electron chi connectivity index (χ3n) is 0.789. The molecule has 0 radical (unpaired) electrons. The summed E-state index contributed by atoms with van der Waals surface area (Å²) >= 11 is 0. The molecule has 0 fully saturated rings. The SMILES string of the molecule is CCC(=O)CC.[Al+3].[Cl-].[Cl-].[Cl-]. The van der Waals surface area contributed by atoms with Gasteiger partial charge in [0.05, 0.1) is 0 Å². The zero-order valence-electron chi connectivity index (χ0n) is 6.03. The fourth-order valence-corrected chi connectivity index (χ4v) is 0.250. The number of halogens is 3. The predicted molar refractivity (Wildman–Crippen MR) is 31.3 cm³/mol. The molecule has 0 saturated heterocycles. The normalized spacial score (nSPS) is 5.00. The molecule has 0 spiro atoms. The number of rotatable bonds is 2. The van der Waals surface area contributed by atoms with Gasteiger partial charge in [-0.1, -0.05) is 13.8 Å². The number of Topliss-reactive ketones (excluding diaryl/α,β-unsaturated/α-hetero) is 1. The van der Waals surface area contributed by atoms with Gasteiger partial charge in [0.2, 0.25) is 0 Å². The average Bonchev–Trinajstić information content (AvgIpc) is 1.65. The summed E-state index contributed by atoms with van der Waals surface area (Å²) in [6.07, 6.45) is 1.38. The van der Waals surface area contributed by atoms with Crippen molar-refractivity contribution in [3.63, 3.8) is 0 Å². The first-order chi connectivity index (χ1) is 2.81. The fourth-order valence-electron chi connectivity index (χ4n) is 0.250. The smallest absolute Gasteiger partial charge is 1.00 e. The Labute approximate surface area is 91.7 Å². The second-order valence-corrected chi connectivity index (χ2v) is 1.25. The molecule has 0 aromatic rings. The van der Waals surface area contributed by atoms with Crippen molar-refractivity contribution in [1.82, 2.24) is 0 Å². The summed E-state index contributed by atoms with van der Waals surface area (Å²) < 4.78 is 0. The van der Waals surface area contributed by atoms with E-state index < -0.39 is 0 Å². The van der Waals surface area contributed by atoms with Gasteiger partial charge in [-0.2, -0.15) is 0 Å². The van der Waals surface area contributed by atoms with Gasteiger partial charge in [-0.3, -0.25) is 4.79 Å². The van der Waals surface area contributed by atoms with Crippen molar-refractivity contribution in [2.24, 2.45) is 0 Å². The van der Waals surface area contributed by atoms with Crippen LogP contribution in [0.4, 0.5) is 0 Å². The summed E-state index contributed by atoms with van der Waals surface area (Å²) in [5, 5.41) is 0. The molecular formula is C5H10AlCl3O. The van der Waals surface area contributed by atoms with Crippen LogP contribution in [0.25, 0.3) is 0 Å². The first-order valence-electron chi connectivity index (χ1n) is 2.33. The van der Waals surface area contributed by atoms with Crippen molar-refractivity contribution in [1.29, 1.82) is 0 Å². The maximum absolute atomic E-state index is 10.2. The molecule has 0 aliphatic rings. The van der Waals surface area contributed by atoms with E-state index in [1.807, 2.05) is 13.8 Å². The number of carbonyl (C=O) groups is 1. The molecule has 1 nitrogen and oxygen atoms in total. The molecule has 60 valence electrons. The molecule has 0 bridgehead atoms. The standard InChI is InChI=1S/C5H10O.Al.3ClH/c1-3-5(6)4-2;;;;/h3-4H2,1-2H3;;3*1H/q;+3;;;/p-3. The zero-order valence-corrected chi connectivity index (χ0v) is 9.46. The Balaban J connectivity index is -0.0000000208. The number of carbonyl (C=O) groups excluding carboxylic acids is 1. The number of hydrogen-bond acceptors (Lipinski definition) is 1. The summed E-state index contributed by atoms with van der Waals surface area (Å²) in [7, 11) is 0. The van der Waals surface area contributed by atoms with Crippen LogP contribution in [-0.2, 0) is 4.79 Å². The summed E-state index contributed by atoms with van der Waals surface area (Å²) in [6, 6.07) is 0. The van der Waals surface area contributed by atoms with Gasteiger partial charge in [0.25, 0.3) is 0 Å². The van der Waals surface area contributed by atoms with E-state index in [4.69, 9.17) is 0 Å². The molecule has 0 aliphatic heterocycles. The topological polar surface area (TPSA) is 17.1 Å². The van der Waals surface area contributed by atoms with Crippen molar-refractivity contribution in [2.45, 2.75) is 26.7 Å². The van der Waals surface area contributed by atoms with Gasteiger partial charge >= 0.3 is 17.4 Å². The van der Waals surface area contributed by atoms with Crippen LogP contribution < -0.4 is 37.2 Å². The first-order valence-corrected chi connectivity index (χ1v) is 2.33. The van der Waals surface area contributed by atoms with Gasteiger partial charge in [-0.15, -0.1) is 0 Å². The Morgan fingerprint density at radius 3 is 1.20 bits per heavy atom. The molecule has 0 unspecified atom stereocenters. The van der Waals surface area contributed by atoms with Crippen LogP contribution >= 0.6 is 0 Å². The van der Waals surface area contributed by atoms with Gasteiger partial charge in [0.15, 0.2) is 0 Å². The molecule has 0 heterocycles. The summed E-state index contributed by atoms with van der Waals surface area (Å²) in [5.74, 6) is 0.343. The molecule has 0 rings (SSSR count). The molecule has 5 heteroatoms. The first kappa shape index (κ1) is 30.5. The minimum absolute atomic E-state index is 0. The zero-order chi connectivity index (χ0) is 4.99. The maximum atomic E-state index is 10.2. The van der Waals surface area contributed by atoms with Crippen LogP contribution in [0.15, 0.2) is 0 Å². The van der Waals surface area contributed by atoms with Crippen molar-refractivity contribution >= 4 is 23.1 Å². The Bertz CT molecular complexity index is 54.9. The molecule has 0 atom stereocenters. The Kier molecular flexibility index (Phi) is 68.5. The quantitative estimate of drug-likeness (QED) is 0.422. The third kappa shape index (κ3) is 23.0. The summed E-state index contributed by atoms with van der Waals surface area (Å²) in [5.41, 5.74) is 0. The van der Waals surface area contributed by atoms with E-state index in [0.717, 1.165) is 0 Å². The maximum Gasteiger partial charge on any atom is 3.00 e. The van der Waals surface area contributed by atoms with Gasteiger partial charge in [0.1, 0.15) is 5.78 Å². The van der Waals surface area contributed by atoms with E-state index in [-0.39, 0.29) is 54.6 Å². The Hall–Kier alpha value is 1.07. The van der Waals surface area contributed by atoms with Gasteiger partial charge in [-0.25, -0.2) is 0 Å². The van der Waals surface area contributed by atoms with Crippen molar-refractivity contribution in [2.75, 3.05) is 0 Å². The largest absolute Gasteiger partial charge is 3.00 e. The van der Waals surface area contributed by atoms with Crippen molar-refractivity contribution in [3.8, 4) is 0 Å². The van der Waals surface area contributed by atoms with Crippen molar-refractivity contribution in [3.05, 3.63) is 0 Å². The number of ketones is 1. The van der Waals surface area contributed by atoms with Crippen molar-refractivity contribution < 1.29 is 42.0 Å². The van der Waals surface area contributed by atoms with Crippen LogP contribution in [0.5, 0.6) is 0 Å². The minimum atomic E-state index is 0. The second-order valence-electron chi connectivity index (χ2n) is 1.25. The molecule has 0 N–H and O–H groups in total. The van der Waals surface area contributed by atoms with Crippen LogP contribution in [-0.4, -0.2) is 23.1 Å². The van der Waals surface area contributed by atoms with Gasteiger partial charge in [-0.05, 0) is 0 Å². The van der Waals surface area contributed by atoms with E-state index in [1.165, 1.54) is 0 Å². The molecule has 0 saturated carbocycles. The monoisotopic (exact) mass is 218 g/mol. The summed E-state index contributed by atoms with van der Waals surface area (Å²) in [6.45, 7) is 3.76. The number of hydrogen-bond donors (Lipinski definition) is 0. The molecule has 0 amide bonds. The minimum Gasteiger partial charge on any atom is -1.00 e. The van der Waals surface area contributed by atoms with Crippen LogP contribution in [0.2, 0.25) is 0 Å². The molecule has 10 heavy (non-hydrogen) atoms. The third-order valence-corrected chi connectivity index (χ3v) is 0.789. The van der Waals surface area contributed by atoms with E-state index in [2.05, 4.69) is 0 Å². The van der Waals surface area contributed by atoms with E-state index in [9.17, 15) is 4.79 Å². The Morgan fingerprint density at radius 2 is 1.20 bits per heavy atom. The van der Waals surface area contributed by atoms with E-state index in [1.54, 1.807) is 0 Å². The van der Waals surface area contributed by atoms with Gasteiger partial charge < -0.3 is 37.2 Å².